The van der Waals surface area contributed by atoms with Crippen LogP contribution < -0.4 is 23.8 Å². The summed E-state index contributed by atoms with van der Waals surface area (Å²) >= 11 is 0. The summed E-state index contributed by atoms with van der Waals surface area (Å²) in [5, 5.41) is -0.00421. The molecular weight excluding hydrogens is 901 g/mol. The lowest BCUT2D eigenvalue weighted by Gasteiger charge is -2.46. The minimum atomic E-state index is -4.04. The molecule has 1 aromatic heterocycles. The first kappa shape index (κ1) is 48.7. The highest BCUT2D eigenvalue weighted by atomic mass is 32.2. The van der Waals surface area contributed by atoms with Crippen LogP contribution in [0, 0.1) is 0 Å². The van der Waals surface area contributed by atoms with Crippen LogP contribution in [-0.4, -0.2) is 66.0 Å². The van der Waals surface area contributed by atoms with E-state index in [0.717, 1.165) is 28.5 Å². The van der Waals surface area contributed by atoms with E-state index in [9.17, 15) is 8.42 Å². The first-order valence-corrected chi connectivity index (χ1v) is 24.2. The molecule has 6 aromatic carbocycles. The summed E-state index contributed by atoms with van der Waals surface area (Å²) in [7, 11) is -2.69. The van der Waals surface area contributed by atoms with Crippen molar-refractivity contribution >= 4 is 32.1 Å². The Morgan fingerprint density at radius 2 is 1.12 bits per heavy atom. The molecule has 13 nitrogen and oxygen atoms in total. The molecular formula is C55H54O13S. The van der Waals surface area contributed by atoms with Gasteiger partial charge in [0.05, 0.1) is 57.3 Å². The molecule has 1 aliphatic rings. The lowest BCUT2D eigenvalue weighted by atomic mass is 9.88. The van der Waals surface area contributed by atoms with E-state index < -0.39 is 46.1 Å². The second-order valence-electron chi connectivity index (χ2n) is 16.3. The van der Waals surface area contributed by atoms with Crippen molar-refractivity contribution in [3.8, 4) is 23.0 Å². The summed E-state index contributed by atoms with van der Waals surface area (Å²) in [6.07, 6.45) is -0.522. The number of rotatable bonds is 23. The Hall–Kier alpha value is -6.78. The quantitative estimate of drug-likeness (QED) is 0.0341. The Balaban J connectivity index is 1.36. The van der Waals surface area contributed by atoms with Crippen LogP contribution in [0.4, 0.5) is 0 Å². The van der Waals surface area contributed by atoms with Crippen LogP contribution in [0.5, 0.6) is 23.0 Å². The predicted octanol–water partition coefficient (Wildman–Crippen LogP) is 9.84. The highest BCUT2D eigenvalue weighted by Gasteiger charge is 2.51. The highest BCUT2D eigenvalue weighted by Crippen LogP contribution is 2.47. The molecule has 0 amide bonds. The zero-order valence-electron chi connectivity index (χ0n) is 38.4. The van der Waals surface area contributed by atoms with Crippen LogP contribution in [0.2, 0.25) is 0 Å². The Kier molecular flexibility index (Phi) is 16.2. The number of hydrogen-bond acceptors (Lipinski definition) is 13. The van der Waals surface area contributed by atoms with Gasteiger partial charge in [0, 0.05) is 18.2 Å². The number of ether oxygens (including phenoxy) is 8. The summed E-state index contributed by atoms with van der Waals surface area (Å²) in [4.78, 5) is 15.1. The summed E-state index contributed by atoms with van der Waals surface area (Å²) in [5.41, 5.74) is 3.51. The van der Waals surface area contributed by atoms with Gasteiger partial charge in [0.2, 0.25) is 5.43 Å². The number of fused-ring (bicyclic) bond motifs is 2. The Bertz CT molecular complexity index is 2980. The molecule has 0 spiro atoms. The molecule has 14 heteroatoms. The number of hydrogen-bond donors (Lipinski definition) is 0. The molecule has 1 aliphatic heterocycles. The summed E-state index contributed by atoms with van der Waals surface area (Å²) < 4.78 is 89.9. The van der Waals surface area contributed by atoms with Gasteiger partial charge >= 0.3 is 10.1 Å². The van der Waals surface area contributed by atoms with Crippen molar-refractivity contribution in [3.05, 3.63) is 203 Å². The molecule has 0 N–H and O–H groups in total. The minimum absolute atomic E-state index is 0.000525. The topological polar surface area (TPSA) is 147 Å². The Labute approximate surface area is 401 Å². The summed E-state index contributed by atoms with van der Waals surface area (Å²) in [5.74, 6) is 0.134. The minimum Gasteiger partial charge on any atom is -0.493 e. The monoisotopic (exact) mass is 954 g/mol. The van der Waals surface area contributed by atoms with Crippen LogP contribution in [0.15, 0.2) is 174 Å². The molecule has 358 valence electrons. The van der Waals surface area contributed by atoms with Gasteiger partial charge in [-0.1, -0.05) is 147 Å². The fourth-order valence-electron chi connectivity index (χ4n) is 8.21. The van der Waals surface area contributed by atoms with E-state index in [1.54, 1.807) is 12.1 Å². The zero-order valence-corrected chi connectivity index (χ0v) is 39.2. The summed E-state index contributed by atoms with van der Waals surface area (Å²) in [6, 6.07) is 43.4. The smallest absolute Gasteiger partial charge is 0.306 e. The van der Waals surface area contributed by atoms with Crippen LogP contribution in [0.25, 0.3) is 21.9 Å². The molecule has 0 unspecified atom stereocenters. The third kappa shape index (κ3) is 12.1. The maximum atomic E-state index is 15.1. The fourth-order valence-corrected chi connectivity index (χ4v) is 8.66. The van der Waals surface area contributed by atoms with Gasteiger partial charge in [0.25, 0.3) is 0 Å². The van der Waals surface area contributed by atoms with Gasteiger partial charge in [0.15, 0.2) is 17.1 Å². The maximum Gasteiger partial charge on any atom is 0.306 e. The Morgan fingerprint density at radius 1 is 0.609 bits per heavy atom. The average molecular weight is 955 g/mol. The second kappa shape index (κ2) is 23.0. The van der Waals surface area contributed by atoms with Gasteiger partial charge < -0.3 is 46.5 Å². The summed E-state index contributed by atoms with van der Waals surface area (Å²) in [6.45, 7) is 8.63. The first-order chi connectivity index (χ1) is 33.6. The van der Waals surface area contributed by atoms with Crippen molar-refractivity contribution < 1.29 is 54.9 Å². The maximum absolute atomic E-state index is 15.1. The van der Waals surface area contributed by atoms with Crippen LogP contribution in [-0.2, 0) is 60.2 Å². The molecule has 2 heterocycles. The fraction of sp³-hybridized carbons (Fsp3) is 0.255. The van der Waals surface area contributed by atoms with Gasteiger partial charge in [0.1, 0.15) is 66.2 Å². The molecule has 69 heavy (non-hydrogen) atoms. The van der Waals surface area contributed by atoms with Gasteiger partial charge in [-0.2, -0.15) is 8.42 Å². The van der Waals surface area contributed by atoms with Crippen molar-refractivity contribution in [1.29, 1.82) is 0 Å². The molecule has 1 fully saturated rings. The van der Waals surface area contributed by atoms with E-state index >= 15 is 4.79 Å². The van der Waals surface area contributed by atoms with Crippen molar-refractivity contribution in [2.45, 2.75) is 56.9 Å². The van der Waals surface area contributed by atoms with Gasteiger partial charge in [-0.15, -0.1) is 0 Å². The van der Waals surface area contributed by atoms with Crippen molar-refractivity contribution in [2.75, 3.05) is 33.2 Å². The molecule has 0 aliphatic carbocycles. The van der Waals surface area contributed by atoms with Gasteiger partial charge in [-0.05, 0) is 22.3 Å². The molecule has 0 bridgehead atoms. The largest absolute Gasteiger partial charge is 0.493 e. The zero-order chi connectivity index (χ0) is 48.2. The molecule has 0 saturated carbocycles. The Morgan fingerprint density at radius 3 is 1.64 bits per heavy atom. The first-order valence-electron chi connectivity index (χ1n) is 22.4. The highest BCUT2D eigenvalue weighted by molar-refractivity contribution is 7.86. The average Bonchev–Trinajstić information content (AvgIpc) is 3.36. The van der Waals surface area contributed by atoms with E-state index in [0.29, 0.717) is 5.56 Å². The molecule has 5 atom stereocenters. The van der Waals surface area contributed by atoms with E-state index in [-0.39, 0.29) is 91.2 Å². The lowest BCUT2D eigenvalue weighted by molar-refractivity contribution is -0.275. The normalized spacial score (nSPS) is 18.1. The van der Waals surface area contributed by atoms with E-state index in [2.05, 4.69) is 13.2 Å². The van der Waals surface area contributed by atoms with Crippen LogP contribution in [0.3, 0.4) is 0 Å². The standard InChI is InChI=1S/C55H54O13S/c1-5-27-61-45-31-46(62-28-6-2)49(52-48(45)50(56)41-29-44(68-69(4,57)58)43(59-3)30-42(41)66-52)53-55(65-35-40-25-17-10-18-26-40)54(64-34-39-23-15-9-16-24-39)51(63-33-38-21-13-8-14-22-38)47(67-53)36-60-32-37-19-11-7-12-20-37/h5-26,29-31,47,51,53-55H,1-2,27-28,32-36H2,3-4H3/t47-,51-,53+,54+,55+/m1/s1. The van der Waals surface area contributed by atoms with Crippen LogP contribution >= 0.6 is 0 Å². The predicted molar refractivity (Wildman–Crippen MR) is 262 cm³/mol. The van der Waals surface area contributed by atoms with E-state index in [4.69, 9.17) is 46.5 Å². The number of benzene rings is 6. The van der Waals surface area contributed by atoms with E-state index in [1.165, 1.54) is 25.3 Å². The third-order valence-corrected chi connectivity index (χ3v) is 11.8. The molecule has 1 saturated heterocycles. The van der Waals surface area contributed by atoms with Crippen molar-refractivity contribution in [1.82, 2.24) is 0 Å². The SMILES string of the molecule is C=CCOc1cc(OCC=C)c2c(=O)c3cc(OS(C)(=O)=O)c(OC)cc3oc2c1[C@@H]1O[C@H](COCc2ccccc2)[C@@H](OCc2ccccc2)[C@H](OCc2ccccc2)[C@H]1OCc1ccccc1. The van der Waals surface area contributed by atoms with Crippen molar-refractivity contribution in [2.24, 2.45) is 0 Å². The van der Waals surface area contributed by atoms with E-state index in [1.807, 2.05) is 121 Å². The second-order valence-corrected chi connectivity index (χ2v) is 17.9. The van der Waals surface area contributed by atoms with Crippen LogP contribution in [0.1, 0.15) is 33.9 Å². The molecule has 7 aromatic rings. The van der Waals surface area contributed by atoms with Gasteiger partial charge in [-0.25, -0.2) is 0 Å². The lowest BCUT2D eigenvalue weighted by Crippen LogP contribution is -2.58. The molecule has 0 radical (unpaired) electrons. The third-order valence-electron chi connectivity index (χ3n) is 11.3. The number of methoxy groups -OCH3 is 1. The molecule has 8 rings (SSSR count). The van der Waals surface area contributed by atoms with Crippen molar-refractivity contribution in [3.63, 3.8) is 0 Å². The van der Waals surface area contributed by atoms with Gasteiger partial charge in [-0.3, -0.25) is 4.79 Å².